The highest BCUT2D eigenvalue weighted by Crippen LogP contribution is 2.21. The number of hydrogen-bond donors (Lipinski definition) is 0. The van der Waals surface area contributed by atoms with E-state index in [0.717, 1.165) is 18.8 Å². The Morgan fingerprint density at radius 3 is 2.50 bits per heavy atom. The van der Waals surface area contributed by atoms with Crippen molar-refractivity contribution in [3.63, 3.8) is 0 Å². The maximum absolute atomic E-state index is 5.76. The second-order valence-electron chi connectivity index (χ2n) is 4.57. The van der Waals surface area contributed by atoms with E-state index in [9.17, 15) is 0 Å². The number of thiocarbonyl (C=S) groups is 1. The van der Waals surface area contributed by atoms with Gasteiger partial charge in [-0.1, -0.05) is 30.3 Å². The largest absolute Gasteiger partial charge is 0.432 e. The Balaban J connectivity index is 1.79. The van der Waals surface area contributed by atoms with Crippen LogP contribution < -0.4 is 4.74 Å². The summed E-state index contributed by atoms with van der Waals surface area (Å²) >= 11 is 5.32. The molecule has 0 spiro atoms. The van der Waals surface area contributed by atoms with E-state index in [1.54, 1.807) is 0 Å². The minimum atomic E-state index is 0.600. The number of hydrogen-bond acceptors (Lipinski definition) is 2. The van der Waals surface area contributed by atoms with Gasteiger partial charge in [0, 0.05) is 13.1 Å². The van der Waals surface area contributed by atoms with Crippen molar-refractivity contribution in [3.8, 4) is 5.75 Å². The lowest BCUT2D eigenvalue weighted by Crippen LogP contribution is -2.30. The van der Waals surface area contributed by atoms with E-state index in [4.69, 9.17) is 17.0 Å². The van der Waals surface area contributed by atoms with Crippen molar-refractivity contribution >= 4 is 28.2 Å². The quantitative estimate of drug-likeness (QED) is 0.724. The van der Waals surface area contributed by atoms with Crippen LogP contribution in [0.4, 0.5) is 0 Å². The summed E-state index contributed by atoms with van der Waals surface area (Å²) in [6, 6.07) is 14.3. The van der Waals surface area contributed by atoms with Gasteiger partial charge in [0.1, 0.15) is 5.75 Å². The highest BCUT2D eigenvalue weighted by molar-refractivity contribution is 7.80. The van der Waals surface area contributed by atoms with Crippen LogP contribution in [0.5, 0.6) is 5.75 Å². The molecule has 0 saturated carbocycles. The Morgan fingerprint density at radius 2 is 1.72 bits per heavy atom. The molecule has 0 radical (unpaired) electrons. The third kappa shape index (κ3) is 2.31. The number of ether oxygens (including phenoxy) is 1. The second kappa shape index (κ2) is 4.94. The third-order valence-corrected chi connectivity index (χ3v) is 3.63. The Labute approximate surface area is 112 Å². The smallest absolute Gasteiger partial charge is 0.264 e. The first-order valence-electron chi connectivity index (χ1n) is 6.28. The van der Waals surface area contributed by atoms with Crippen LogP contribution >= 0.6 is 12.2 Å². The third-order valence-electron chi connectivity index (χ3n) is 3.29. The van der Waals surface area contributed by atoms with Crippen molar-refractivity contribution in [1.29, 1.82) is 0 Å². The molecule has 0 aromatic heterocycles. The SMILES string of the molecule is S=C(Oc1ccc2ccccc2c1)N1CCCC1. The van der Waals surface area contributed by atoms with Crippen LogP contribution in [-0.2, 0) is 0 Å². The zero-order valence-electron chi connectivity index (χ0n) is 10.1. The van der Waals surface area contributed by atoms with Gasteiger partial charge in [-0.15, -0.1) is 0 Å². The van der Waals surface area contributed by atoms with Crippen molar-refractivity contribution in [2.75, 3.05) is 13.1 Å². The lowest BCUT2D eigenvalue weighted by molar-refractivity contribution is 0.407. The first-order valence-corrected chi connectivity index (χ1v) is 6.69. The van der Waals surface area contributed by atoms with Crippen molar-refractivity contribution in [2.24, 2.45) is 0 Å². The molecular weight excluding hydrogens is 242 g/mol. The molecule has 1 fully saturated rings. The van der Waals surface area contributed by atoms with Gasteiger partial charge in [0.2, 0.25) is 0 Å². The molecule has 1 aliphatic rings. The molecule has 0 atom stereocenters. The van der Waals surface area contributed by atoms with Crippen LogP contribution in [-0.4, -0.2) is 23.2 Å². The van der Waals surface area contributed by atoms with Crippen LogP contribution in [0.15, 0.2) is 42.5 Å². The van der Waals surface area contributed by atoms with Gasteiger partial charge in [-0.3, -0.25) is 0 Å². The van der Waals surface area contributed by atoms with Crippen molar-refractivity contribution < 1.29 is 4.74 Å². The molecule has 3 heteroatoms. The summed E-state index contributed by atoms with van der Waals surface area (Å²) in [6.07, 6.45) is 2.42. The molecule has 0 N–H and O–H groups in total. The minimum Gasteiger partial charge on any atom is -0.432 e. The molecular formula is C15H15NOS. The van der Waals surface area contributed by atoms with E-state index in [2.05, 4.69) is 23.1 Å². The fourth-order valence-electron chi connectivity index (χ4n) is 2.30. The van der Waals surface area contributed by atoms with Gasteiger partial charge in [0.05, 0.1) is 0 Å². The van der Waals surface area contributed by atoms with Crippen molar-refractivity contribution in [2.45, 2.75) is 12.8 Å². The van der Waals surface area contributed by atoms with E-state index in [1.165, 1.54) is 23.6 Å². The molecule has 2 nitrogen and oxygen atoms in total. The van der Waals surface area contributed by atoms with Gasteiger partial charge in [-0.2, -0.15) is 0 Å². The van der Waals surface area contributed by atoms with E-state index in [-0.39, 0.29) is 0 Å². The molecule has 3 rings (SSSR count). The average molecular weight is 257 g/mol. The van der Waals surface area contributed by atoms with Gasteiger partial charge < -0.3 is 9.64 Å². The van der Waals surface area contributed by atoms with Gasteiger partial charge in [0.15, 0.2) is 0 Å². The first kappa shape index (κ1) is 11.5. The Morgan fingerprint density at radius 1 is 1.00 bits per heavy atom. The molecule has 0 bridgehead atoms. The molecule has 0 amide bonds. The zero-order valence-corrected chi connectivity index (χ0v) is 11.0. The predicted molar refractivity (Wildman–Crippen MR) is 78.0 cm³/mol. The summed E-state index contributed by atoms with van der Waals surface area (Å²) in [4.78, 5) is 2.13. The Kier molecular flexibility index (Phi) is 3.15. The normalized spacial score (nSPS) is 15.0. The fraction of sp³-hybridized carbons (Fsp3) is 0.267. The van der Waals surface area contributed by atoms with Gasteiger partial charge in [-0.25, -0.2) is 0 Å². The number of rotatable bonds is 1. The summed E-state index contributed by atoms with van der Waals surface area (Å²) in [5.41, 5.74) is 0. The van der Waals surface area contributed by atoms with E-state index in [1.807, 2.05) is 24.3 Å². The first-order chi connectivity index (χ1) is 8.83. The molecule has 1 heterocycles. The van der Waals surface area contributed by atoms with Crippen LogP contribution in [0.3, 0.4) is 0 Å². The van der Waals surface area contributed by atoms with Crippen LogP contribution in [0, 0.1) is 0 Å². The zero-order chi connectivity index (χ0) is 12.4. The lowest BCUT2D eigenvalue weighted by Gasteiger charge is -2.18. The summed E-state index contributed by atoms with van der Waals surface area (Å²) in [6.45, 7) is 2.04. The topological polar surface area (TPSA) is 12.5 Å². The summed E-state index contributed by atoms with van der Waals surface area (Å²) in [7, 11) is 0. The van der Waals surface area contributed by atoms with E-state index >= 15 is 0 Å². The number of fused-ring (bicyclic) bond motifs is 1. The molecule has 0 aliphatic carbocycles. The van der Waals surface area contributed by atoms with E-state index in [0.29, 0.717) is 5.17 Å². The summed E-state index contributed by atoms with van der Waals surface area (Å²) in [5, 5.41) is 3.00. The molecule has 92 valence electrons. The molecule has 18 heavy (non-hydrogen) atoms. The fourth-order valence-corrected chi connectivity index (χ4v) is 2.57. The van der Waals surface area contributed by atoms with Gasteiger partial charge in [0.25, 0.3) is 5.17 Å². The van der Waals surface area contributed by atoms with E-state index < -0.39 is 0 Å². The molecule has 1 saturated heterocycles. The van der Waals surface area contributed by atoms with Crippen molar-refractivity contribution in [3.05, 3.63) is 42.5 Å². The highest BCUT2D eigenvalue weighted by atomic mass is 32.1. The van der Waals surface area contributed by atoms with Crippen molar-refractivity contribution in [1.82, 2.24) is 4.90 Å². The Bertz CT molecular complexity index is 575. The molecule has 0 unspecified atom stereocenters. The number of nitrogens with zero attached hydrogens (tertiary/aromatic N) is 1. The summed E-state index contributed by atoms with van der Waals surface area (Å²) in [5.74, 6) is 0.825. The molecule has 2 aromatic carbocycles. The molecule has 2 aromatic rings. The van der Waals surface area contributed by atoms with Gasteiger partial charge >= 0.3 is 0 Å². The van der Waals surface area contributed by atoms with Crippen LogP contribution in [0.2, 0.25) is 0 Å². The Hall–Kier alpha value is -1.61. The maximum Gasteiger partial charge on any atom is 0.264 e. The number of benzene rings is 2. The monoisotopic (exact) mass is 257 g/mol. The molecule has 1 aliphatic heterocycles. The highest BCUT2D eigenvalue weighted by Gasteiger charge is 2.16. The van der Waals surface area contributed by atoms with Crippen LogP contribution in [0.1, 0.15) is 12.8 Å². The van der Waals surface area contributed by atoms with Crippen LogP contribution in [0.25, 0.3) is 10.8 Å². The number of likely N-dealkylation sites (tertiary alicyclic amines) is 1. The lowest BCUT2D eigenvalue weighted by atomic mass is 10.1. The minimum absolute atomic E-state index is 0.600. The summed E-state index contributed by atoms with van der Waals surface area (Å²) < 4.78 is 5.76. The predicted octanol–water partition coefficient (Wildman–Crippen LogP) is 3.60. The van der Waals surface area contributed by atoms with Gasteiger partial charge in [-0.05, 0) is 48.0 Å². The second-order valence-corrected chi connectivity index (χ2v) is 4.92. The standard InChI is InChI=1S/C15H15NOS/c18-15(16-9-3-4-10-16)17-14-8-7-12-5-1-2-6-13(12)11-14/h1-2,5-8,11H,3-4,9-10H2. The maximum atomic E-state index is 5.76. The average Bonchev–Trinajstić information content (AvgIpc) is 2.92.